The average Bonchev–Trinajstić information content (AvgIpc) is 2.47. The molecule has 3 rings (SSSR count). The maximum Gasteiger partial charge on any atom is 0.160 e. The van der Waals surface area contributed by atoms with Gasteiger partial charge in [-0.15, -0.1) is 0 Å². The summed E-state index contributed by atoms with van der Waals surface area (Å²) in [6, 6.07) is 4.00. The average molecular weight is 275 g/mol. The molecule has 0 spiro atoms. The standard InChI is InChI=1S/C17H25NO2/c1-20-16-10-12-5-6-13-4-2-3-7-17(13,8-9-18)14(12)11-15(16)19/h10-11,13,19H,2-9,18H2,1H3/t13-,17+/m1/s1. The number of hydrogen-bond donors (Lipinski definition) is 2. The Kier molecular flexibility index (Phi) is 3.63. The third-order valence-electron chi connectivity index (χ3n) is 5.50. The minimum absolute atomic E-state index is 0.199. The number of phenolic OH excluding ortho intramolecular Hbond substituents is 1. The minimum Gasteiger partial charge on any atom is -0.504 e. The third-order valence-corrected chi connectivity index (χ3v) is 5.50. The monoisotopic (exact) mass is 275 g/mol. The van der Waals surface area contributed by atoms with Gasteiger partial charge in [-0.1, -0.05) is 12.8 Å². The minimum atomic E-state index is 0.199. The van der Waals surface area contributed by atoms with E-state index in [2.05, 4.69) is 0 Å². The molecule has 0 radical (unpaired) electrons. The van der Waals surface area contributed by atoms with Crippen LogP contribution in [0.25, 0.3) is 0 Å². The Morgan fingerprint density at radius 1 is 1.35 bits per heavy atom. The Bertz CT molecular complexity index is 496. The molecule has 3 N–H and O–H groups in total. The first-order valence-electron chi connectivity index (χ1n) is 7.81. The van der Waals surface area contributed by atoms with E-state index in [-0.39, 0.29) is 11.2 Å². The number of methoxy groups -OCH3 is 1. The van der Waals surface area contributed by atoms with E-state index in [0.717, 1.165) is 25.3 Å². The topological polar surface area (TPSA) is 55.5 Å². The van der Waals surface area contributed by atoms with Gasteiger partial charge in [0.15, 0.2) is 11.5 Å². The zero-order valence-electron chi connectivity index (χ0n) is 12.3. The van der Waals surface area contributed by atoms with Gasteiger partial charge in [-0.2, -0.15) is 0 Å². The highest BCUT2D eigenvalue weighted by Crippen LogP contribution is 2.53. The molecule has 0 heterocycles. The van der Waals surface area contributed by atoms with Crippen LogP contribution in [0.4, 0.5) is 0 Å². The molecule has 0 amide bonds. The van der Waals surface area contributed by atoms with E-state index in [1.165, 1.54) is 43.2 Å². The number of ether oxygens (including phenoxy) is 1. The van der Waals surface area contributed by atoms with Crippen LogP contribution in [0, 0.1) is 5.92 Å². The largest absolute Gasteiger partial charge is 0.504 e. The summed E-state index contributed by atoms with van der Waals surface area (Å²) in [4.78, 5) is 0. The maximum atomic E-state index is 10.2. The van der Waals surface area contributed by atoms with Crippen molar-refractivity contribution in [1.29, 1.82) is 0 Å². The number of hydrogen-bond acceptors (Lipinski definition) is 3. The van der Waals surface area contributed by atoms with Gasteiger partial charge in [-0.3, -0.25) is 0 Å². The maximum absolute atomic E-state index is 10.2. The van der Waals surface area contributed by atoms with Crippen molar-refractivity contribution in [2.45, 2.75) is 50.4 Å². The van der Waals surface area contributed by atoms with E-state index in [4.69, 9.17) is 10.5 Å². The second kappa shape index (κ2) is 5.28. The van der Waals surface area contributed by atoms with Gasteiger partial charge in [0.05, 0.1) is 7.11 Å². The van der Waals surface area contributed by atoms with Crippen LogP contribution in [0.2, 0.25) is 0 Å². The molecule has 3 nitrogen and oxygen atoms in total. The summed E-state index contributed by atoms with van der Waals surface area (Å²) >= 11 is 0. The molecule has 2 aliphatic rings. The Morgan fingerprint density at radius 2 is 2.20 bits per heavy atom. The Balaban J connectivity index is 2.11. The van der Waals surface area contributed by atoms with Crippen LogP contribution < -0.4 is 10.5 Å². The lowest BCUT2D eigenvalue weighted by molar-refractivity contribution is 0.149. The van der Waals surface area contributed by atoms with Crippen LogP contribution in [-0.4, -0.2) is 18.8 Å². The van der Waals surface area contributed by atoms with Crippen LogP contribution in [0.5, 0.6) is 11.5 Å². The van der Waals surface area contributed by atoms with Gasteiger partial charge in [-0.05, 0) is 73.2 Å². The number of aryl methyl sites for hydroxylation is 1. The summed E-state index contributed by atoms with van der Waals surface area (Å²) < 4.78 is 5.27. The van der Waals surface area contributed by atoms with E-state index in [1.807, 2.05) is 12.1 Å². The summed E-state index contributed by atoms with van der Waals surface area (Å²) in [5.74, 6) is 1.61. The van der Waals surface area contributed by atoms with E-state index >= 15 is 0 Å². The molecular weight excluding hydrogens is 250 g/mol. The highest BCUT2D eigenvalue weighted by molar-refractivity contribution is 5.51. The van der Waals surface area contributed by atoms with Crippen molar-refractivity contribution in [3.05, 3.63) is 23.3 Å². The van der Waals surface area contributed by atoms with Gasteiger partial charge in [0, 0.05) is 0 Å². The van der Waals surface area contributed by atoms with Crippen molar-refractivity contribution >= 4 is 0 Å². The first-order chi connectivity index (χ1) is 9.71. The lowest BCUT2D eigenvalue weighted by atomic mass is 9.56. The summed E-state index contributed by atoms with van der Waals surface area (Å²) in [5.41, 5.74) is 8.82. The second-order valence-electron chi connectivity index (χ2n) is 6.36. The molecule has 0 aromatic heterocycles. The van der Waals surface area contributed by atoms with E-state index < -0.39 is 0 Å². The molecule has 2 atom stereocenters. The first kappa shape index (κ1) is 13.7. The summed E-state index contributed by atoms with van der Waals surface area (Å²) in [6.07, 6.45) is 8.54. The summed E-state index contributed by atoms with van der Waals surface area (Å²) in [7, 11) is 1.61. The molecule has 0 aliphatic heterocycles. The Labute approximate surface area is 121 Å². The quantitative estimate of drug-likeness (QED) is 0.891. The molecule has 1 aromatic rings. The molecule has 3 heteroatoms. The predicted octanol–water partition coefficient (Wildman–Crippen LogP) is 3.12. The van der Waals surface area contributed by atoms with Crippen LogP contribution in [0.3, 0.4) is 0 Å². The van der Waals surface area contributed by atoms with Crippen LogP contribution >= 0.6 is 0 Å². The zero-order valence-corrected chi connectivity index (χ0v) is 12.3. The molecule has 20 heavy (non-hydrogen) atoms. The van der Waals surface area contributed by atoms with Crippen molar-refractivity contribution < 1.29 is 9.84 Å². The van der Waals surface area contributed by atoms with Crippen molar-refractivity contribution in [2.24, 2.45) is 11.7 Å². The molecule has 0 saturated heterocycles. The Hall–Kier alpha value is -1.22. The van der Waals surface area contributed by atoms with Crippen molar-refractivity contribution in [3.8, 4) is 11.5 Å². The van der Waals surface area contributed by atoms with Gasteiger partial charge < -0.3 is 15.6 Å². The fourth-order valence-corrected chi connectivity index (χ4v) is 4.58. The zero-order chi connectivity index (χ0) is 14.2. The van der Waals surface area contributed by atoms with Gasteiger partial charge >= 0.3 is 0 Å². The number of phenols is 1. The van der Waals surface area contributed by atoms with Gasteiger partial charge in [0.1, 0.15) is 0 Å². The van der Waals surface area contributed by atoms with Crippen LogP contribution in [0.15, 0.2) is 12.1 Å². The van der Waals surface area contributed by atoms with Gasteiger partial charge in [0.2, 0.25) is 0 Å². The number of benzene rings is 1. The van der Waals surface area contributed by atoms with Crippen molar-refractivity contribution in [3.63, 3.8) is 0 Å². The summed E-state index contributed by atoms with van der Waals surface area (Å²) in [5, 5.41) is 10.2. The smallest absolute Gasteiger partial charge is 0.160 e. The summed E-state index contributed by atoms with van der Waals surface area (Å²) in [6.45, 7) is 0.725. The highest BCUT2D eigenvalue weighted by Gasteiger charge is 2.45. The van der Waals surface area contributed by atoms with E-state index in [0.29, 0.717) is 5.75 Å². The predicted molar refractivity (Wildman–Crippen MR) is 80.3 cm³/mol. The molecule has 110 valence electrons. The number of nitrogens with two attached hydrogens (primary N) is 1. The molecular formula is C17H25NO2. The number of aromatic hydroxyl groups is 1. The van der Waals surface area contributed by atoms with Crippen molar-refractivity contribution in [2.75, 3.05) is 13.7 Å². The van der Waals surface area contributed by atoms with Crippen LogP contribution in [-0.2, 0) is 11.8 Å². The number of fused-ring (bicyclic) bond motifs is 3. The SMILES string of the molecule is COc1cc2c(cc1O)[C@]1(CCN)CCCC[C@@H]1CC2. The van der Waals surface area contributed by atoms with Crippen LogP contribution in [0.1, 0.15) is 49.7 Å². The third kappa shape index (κ3) is 1.99. The molecule has 2 aliphatic carbocycles. The van der Waals surface area contributed by atoms with E-state index in [1.54, 1.807) is 7.11 Å². The fourth-order valence-electron chi connectivity index (χ4n) is 4.58. The second-order valence-corrected chi connectivity index (χ2v) is 6.36. The van der Waals surface area contributed by atoms with Crippen molar-refractivity contribution in [1.82, 2.24) is 0 Å². The number of rotatable bonds is 3. The Morgan fingerprint density at radius 3 is 2.95 bits per heavy atom. The molecule has 1 aromatic carbocycles. The highest BCUT2D eigenvalue weighted by atomic mass is 16.5. The normalized spacial score (nSPS) is 28.6. The molecule has 1 fully saturated rings. The van der Waals surface area contributed by atoms with Gasteiger partial charge in [-0.25, -0.2) is 0 Å². The van der Waals surface area contributed by atoms with E-state index in [9.17, 15) is 5.11 Å². The molecule has 1 saturated carbocycles. The van der Waals surface area contributed by atoms with Gasteiger partial charge in [0.25, 0.3) is 0 Å². The molecule has 0 bridgehead atoms. The fraction of sp³-hybridized carbons (Fsp3) is 0.647. The lowest BCUT2D eigenvalue weighted by Gasteiger charge is -2.49. The molecule has 0 unspecified atom stereocenters. The lowest BCUT2D eigenvalue weighted by Crippen LogP contribution is -2.43. The first-order valence-corrected chi connectivity index (χ1v) is 7.81.